The van der Waals surface area contributed by atoms with Crippen LogP contribution in [0.15, 0.2) is 11.3 Å². The van der Waals surface area contributed by atoms with Gasteiger partial charge in [-0.1, -0.05) is 20.8 Å². The molecule has 1 aliphatic carbocycles. The lowest BCUT2D eigenvalue weighted by atomic mass is 9.66. The highest BCUT2D eigenvalue weighted by atomic mass is 16.2. The number of rotatable bonds is 1. The van der Waals surface area contributed by atoms with Crippen molar-refractivity contribution in [3.8, 4) is 0 Å². The molecule has 1 N–H and O–H groups in total. The highest BCUT2D eigenvalue weighted by molar-refractivity contribution is 6.22. The van der Waals surface area contributed by atoms with Gasteiger partial charge >= 0.3 is 0 Å². The number of carbonyl (C=O) groups is 2. The van der Waals surface area contributed by atoms with Crippen molar-refractivity contribution in [1.29, 1.82) is 0 Å². The van der Waals surface area contributed by atoms with Gasteiger partial charge < -0.3 is 5.32 Å². The van der Waals surface area contributed by atoms with E-state index in [1.54, 1.807) is 0 Å². The predicted molar refractivity (Wildman–Crippen MR) is 71.1 cm³/mol. The molecule has 0 atom stereocenters. The van der Waals surface area contributed by atoms with Gasteiger partial charge in [0.1, 0.15) is 0 Å². The molecule has 0 unspecified atom stereocenters. The molecule has 0 bridgehead atoms. The highest BCUT2D eigenvalue weighted by Crippen LogP contribution is 2.41. The maximum absolute atomic E-state index is 12.3. The third-order valence-corrected chi connectivity index (χ3v) is 4.57. The monoisotopic (exact) mass is 249 g/mol. The molecular weight excluding hydrogens is 226 g/mol. The molecule has 0 amide bonds. The summed E-state index contributed by atoms with van der Waals surface area (Å²) in [5.41, 5.74) is 1.22. The van der Waals surface area contributed by atoms with Gasteiger partial charge in [0, 0.05) is 25.1 Å². The Morgan fingerprint density at radius 1 is 1.11 bits per heavy atom. The van der Waals surface area contributed by atoms with Crippen LogP contribution in [-0.4, -0.2) is 18.1 Å². The van der Waals surface area contributed by atoms with Crippen molar-refractivity contribution in [2.45, 2.75) is 52.9 Å². The van der Waals surface area contributed by atoms with Crippen LogP contribution in [0.1, 0.15) is 52.9 Å². The molecule has 3 heteroatoms. The lowest BCUT2D eigenvalue weighted by molar-refractivity contribution is -0.129. The minimum Gasteiger partial charge on any atom is -0.388 e. The van der Waals surface area contributed by atoms with Crippen molar-refractivity contribution < 1.29 is 9.59 Å². The summed E-state index contributed by atoms with van der Waals surface area (Å²) in [5.74, 6) is 0.454. The van der Waals surface area contributed by atoms with Crippen molar-refractivity contribution in [3.63, 3.8) is 0 Å². The number of piperidine rings is 1. The largest absolute Gasteiger partial charge is 0.388 e. The highest BCUT2D eigenvalue weighted by Gasteiger charge is 2.42. The van der Waals surface area contributed by atoms with Crippen LogP contribution in [0.5, 0.6) is 0 Å². The first-order valence-corrected chi connectivity index (χ1v) is 6.97. The summed E-state index contributed by atoms with van der Waals surface area (Å²) in [4.78, 5) is 24.6. The molecule has 1 heterocycles. The van der Waals surface area contributed by atoms with Crippen LogP contribution in [0.4, 0.5) is 0 Å². The van der Waals surface area contributed by atoms with Crippen molar-refractivity contribution >= 4 is 11.6 Å². The molecule has 18 heavy (non-hydrogen) atoms. The Morgan fingerprint density at radius 2 is 1.72 bits per heavy atom. The number of allylic oxidation sites excluding steroid dienone is 2. The van der Waals surface area contributed by atoms with Crippen LogP contribution in [0.25, 0.3) is 0 Å². The molecule has 1 aliphatic heterocycles. The molecule has 1 saturated carbocycles. The molecule has 3 nitrogen and oxygen atoms in total. The van der Waals surface area contributed by atoms with Crippen molar-refractivity contribution in [1.82, 2.24) is 5.32 Å². The summed E-state index contributed by atoms with van der Waals surface area (Å²) in [7, 11) is 0. The molecule has 0 radical (unpaired) electrons. The van der Waals surface area contributed by atoms with E-state index in [1.165, 1.54) is 0 Å². The van der Waals surface area contributed by atoms with Gasteiger partial charge in [0.15, 0.2) is 11.6 Å². The summed E-state index contributed by atoms with van der Waals surface area (Å²) >= 11 is 0. The lowest BCUT2D eigenvalue weighted by Crippen LogP contribution is -2.39. The molecule has 2 rings (SSSR count). The minimum absolute atomic E-state index is 0.0480. The Labute approximate surface area is 109 Å². The van der Waals surface area contributed by atoms with Gasteiger partial charge in [-0.2, -0.15) is 0 Å². The zero-order valence-electron chi connectivity index (χ0n) is 11.6. The maximum atomic E-state index is 12.3. The summed E-state index contributed by atoms with van der Waals surface area (Å²) in [5, 5.41) is 3.24. The Morgan fingerprint density at radius 3 is 2.17 bits per heavy atom. The quantitative estimate of drug-likeness (QED) is 0.574. The van der Waals surface area contributed by atoms with Gasteiger partial charge in [-0.25, -0.2) is 0 Å². The van der Waals surface area contributed by atoms with Gasteiger partial charge in [-0.05, 0) is 30.6 Å². The molecule has 0 spiro atoms. The zero-order valence-corrected chi connectivity index (χ0v) is 11.6. The van der Waals surface area contributed by atoms with E-state index in [-0.39, 0.29) is 17.0 Å². The van der Waals surface area contributed by atoms with E-state index < -0.39 is 0 Å². The number of hydrogen-bond donors (Lipinski definition) is 1. The molecule has 0 aromatic heterocycles. The number of Topliss-reactive ketones (excluding diaryl/α,β-unsaturated/α-hetero) is 2. The average molecular weight is 249 g/mol. The normalized spacial score (nSPS) is 29.8. The smallest absolute Gasteiger partial charge is 0.168 e. The first-order chi connectivity index (χ1) is 8.44. The molecular formula is C15H23NO2. The average Bonchev–Trinajstić information content (AvgIpc) is 2.29. The van der Waals surface area contributed by atoms with Crippen molar-refractivity contribution in [2.75, 3.05) is 6.54 Å². The van der Waals surface area contributed by atoms with Crippen LogP contribution in [0.3, 0.4) is 0 Å². The summed E-state index contributed by atoms with van der Waals surface area (Å²) in [6.07, 6.45) is 4.08. The van der Waals surface area contributed by atoms with Gasteiger partial charge in [0.2, 0.25) is 0 Å². The van der Waals surface area contributed by atoms with Gasteiger partial charge in [0.25, 0.3) is 0 Å². The van der Waals surface area contributed by atoms with Gasteiger partial charge in [0.05, 0.1) is 5.57 Å². The summed E-state index contributed by atoms with van der Waals surface area (Å²) < 4.78 is 0. The summed E-state index contributed by atoms with van der Waals surface area (Å²) in [6, 6.07) is 0. The predicted octanol–water partition coefficient (Wildman–Crippen LogP) is 2.61. The van der Waals surface area contributed by atoms with E-state index in [2.05, 4.69) is 26.1 Å². The van der Waals surface area contributed by atoms with E-state index in [0.29, 0.717) is 24.3 Å². The third kappa shape index (κ3) is 2.36. The lowest BCUT2D eigenvalue weighted by Gasteiger charge is -2.37. The summed E-state index contributed by atoms with van der Waals surface area (Å²) in [6.45, 7) is 7.14. The van der Waals surface area contributed by atoms with E-state index in [1.807, 2.05) is 0 Å². The Hall–Kier alpha value is -1.12. The van der Waals surface area contributed by atoms with Crippen LogP contribution >= 0.6 is 0 Å². The second-order valence-electron chi connectivity index (χ2n) is 6.25. The Kier molecular flexibility index (Phi) is 3.60. The van der Waals surface area contributed by atoms with E-state index >= 15 is 0 Å². The molecule has 0 aromatic rings. The van der Waals surface area contributed by atoms with Crippen LogP contribution in [0, 0.1) is 11.3 Å². The van der Waals surface area contributed by atoms with Crippen LogP contribution < -0.4 is 5.32 Å². The van der Waals surface area contributed by atoms with Crippen molar-refractivity contribution in [3.05, 3.63) is 11.3 Å². The maximum Gasteiger partial charge on any atom is 0.168 e. The van der Waals surface area contributed by atoms with Crippen LogP contribution in [0.2, 0.25) is 0 Å². The second kappa shape index (κ2) is 4.87. The molecule has 2 aliphatic rings. The zero-order chi connectivity index (χ0) is 13.3. The third-order valence-electron chi connectivity index (χ3n) is 4.57. The molecule has 2 fully saturated rings. The van der Waals surface area contributed by atoms with Gasteiger partial charge in [-0.15, -0.1) is 0 Å². The number of ketones is 2. The Bertz CT molecular complexity index is 379. The molecule has 1 saturated heterocycles. The number of carbonyl (C=O) groups excluding carboxylic acids is 2. The molecule has 100 valence electrons. The van der Waals surface area contributed by atoms with E-state index in [0.717, 1.165) is 31.5 Å². The minimum atomic E-state index is -0.160. The van der Waals surface area contributed by atoms with Crippen molar-refractivity contribution in [2.24, 2.45) is 11.3 Å². The fourth-order valence-corrected chi connectivity index (χ4v) is 2.84. The first kappa shape index (κ1) is 13.3. The number of hydrogen-bond acceptors (Lipinski definition) is 3. The fourth-order valence-electron chi connectivity index (χ4n) is 2.84. The topological polar surface area (TPSA) is 46.2 Å². The molecule has 0 aromatic carbocycles. The van der Waals surface area contributed by atoms with Crippen LogP contribution in [-0.2, 0) is 9.59 Å². The number of nitrogens with one attached hydrogen (secondary N) is 1. The fraction of sp³-hybridized carbons (Fsp3) is 0.733. The second-order valence-corrected chi connectivity index (χ2v) is 6.25. The standard InChI is InChI=1S/C15H23NO2/c1-10(2)15(3)8-12(17)14(13(18)9-15)11-6-4-5-7-16-11/h10,16H,4-9H2,1-3H3. The van der Waals surface area contributed by atoms with E-state index in [4.69, 9.17) is 0 Å². The van der Waals surface area contributed by atoms with Gasteiger partial charge in [-0.3, -0.25) is 9.59 Å². The SMILES string of the molecule is CC(C)C1(C)CC(=O)C(=C2CCCCN2)C(=O)C1. The Balaban J connectivity index is 2.27. The first-order valence-electron chi connectivity index (χ1n) is 6.97. The van der Waals surface area contributed by atoms with E-state index in [9.17, 15) is 9.59 Å².